The summed E-state index contributed by atoms with van der Waals surface area (Å²) in [4.78, 5) is 25.0. The Morgan fingerprint density at radius 3 is 3.00 bits per heavy atom. The van der Waals surface area contributed by atoms with Crippen molar-refractivity contribution in [2.24, 2.45) is 0 Å². The van der Waals surface area contributed by atoms with Crippen molar-refractivity contribution in [2.45, 2.75) is 20.4 Å². The molecule has 0 radical (unpaired) electrons. The van der Waals surface area contributed by atoms with Gasteiger partial charge in [0.15, 0.2) is 0 Å². The van der Waals surface area contributed by atoms with Gasteiger partial charge in [-0.3, -0.25) is 9.78 Å². The molecule has 3 rings (SSSR count). The number of hydrogen-bond donors (Lipinski definition) is 1. The molecular formula is C12H12N6OS. The highest BCUT2D eigenvalue weighted by atomic mass is 32.1. The average molecular weight is 288 g/mol. The van der Waals surface area contributed by atoms with E-state index in [1.165, 1.54) is 29.9 Å². The lowest BCUT2D eigenvalue weighted by Crippen LogP contribution is -2.25. The Hall–Kier alpha value is -2.35. The van der Waals surface area contributed by atoms with Gasteiger partial charge in [-0.25, -0.2) is 14.5 Å². The van der Waals surface area contributed by atoms with Gasteiger partial charge in [-0.1, -0.05) is 11.3 Å². The van der Waals surface area contributed by atoms with Crippen molar-refractivity contribution in [2.75, 3.05) is 0 Å². The summed E-state index contributed by atoms with van der Waals surface area (Å²) in [5, 5.41) is 8.12. The second kappa shape index (κ2) is 4.97. The van der Waals surface area contributed by atoms with Crippen LogP contribution in [0, 0.1) is 13.8 Å². The Morgan fingerprint density at radius 1 is 1.40 bits per heavy atom. The zero-order chi connectivity index (χ0) is 14.1. The predicted octanol–water partition coefficient (Wildman–Crippen LogP) is 1.13. The molecule has 7 nitrogen and oxygen atoms in total. The monoisotopic (exact) mass is 288 g/mol. The third-order valence-corrected chi connectivity index (χ3v) is 3.63. The Bertz CT molecular complexity index is 763. The highest BCUT2D eigenvalue weighted by molar-refractivity contribution is 7.16. The van der Waals surface area contributed by atoms with Gasteiger partial charge in [-0.15, -0.1) is 0 Å². The van der Waals surface area contributed by atoms with Crippen LogP contribution in [0.15, 0.2) is 18.6 Å². The summed E-state index contributed by atoms with van der Waals surface area (Å²) in [6.45, 7) is 4.18. The lowest BCUT2D eigenvalue weighted by atomic mass is 10.3. The van der Waals surface area contributed by atoms with Crippen LogP contribution in [-0.4, -0.2) is 30.5 Å². The molecule has 0 aliphatic heterocycles. The van der Waals surface area contributed by atoms with E-state index in [0.29, 0.717) is 12.2 Å². The van der Waals surface area contributed by atoms with Gasteiger partial charge in [0.1, 0.15) is 10.7 Å². The lowest BCUT2D eigenvalue weighted by Gasteiger charge is -2.04. The number of hydrogen-bond acceptors (Lipinski definition) is 6. The SMILES string of the molecule is Cc1nn2c(CNC(=O)c3cnccn3)c(C)nc2s1. The molecule has 0 aromatic carbocycles. The Morgan fingerprint density at radius 2 is 2.25 bits per heavy atom. The fourth-order valence-corrected chi connectivity index (χ4v) is 2.67. The largest absolute Gasteiger partial charge is 0.345 e. The van der Waals surface area contributed by atoms with Gasteiger partial charge in [0.2, 0.25) is 4.96 Å². The molecule has 0 spiro atoms. The van der Waals surface area contributed by atoms with E-state index in [4.69, 9.17) is 0 Å². The maximum Gasteiger partial charge on any atom is 0.271 e. The number of fused-ring (bicyclic) bond motifs is 1. The van der Waals surface area contributed by atoms with E-state index < -0.39 is 0 Å². The molecule has 0 fully saturated rings. The molecule has 0 bridgehead atoms. The van der Waals surface area contributed by atoms with E-state index in [1.54, 1.807) is 4.52 Å². The minimum Gasteiger partial charge on any atom is -0.345 e. The van der Waals surface area contributed by atoms with Crippen molar-refractivity contribution in [3.8, 4) is 0 Å². The van der Waals surface area contributed by atoms with Crippen LogP contribution in [0.1, 0.15) is 26.9 Å². The van der Waals surface area contributed by atoms with Crippen molar-refractivity contribution in [1.82, 2.24) is 29.9 Å². The number of carbonyl (C=O) groups excluding carboxylic acids is 1. The van der Waals surface area contributed by atoms with Gasteiger partial charge in [-0.05, 0) is 13.8 Å². The first-order valence-corrected chi connectivity index (χ1v) is 6.82. The lowest BCUT2D eigenvalue weighted by molar-refractivity contribution is 0.0945. The molecule has 1 N–H and O–H groups in total. The third kappa shape index (κ3) is 2.25. The van der Waals surface area contributed by atoms with E-state index in [9.17, 15) is 4.79 Å². The Kier molecular flexibility index (Phi) is 3.15. The van der Waals surface area contributed by atoms with Crippen molar-refractivity contribution >= 4 is 22.2 Å². The quantitative estimate of drug-likeness (QED) is 0.781. The predicted molar refractivity (Wildman–Crippen MR) is 73.5 cm³/mol. The smallest absolute Gasteiger partial charge is 0.271 e. The van der Waals surface area contributed by atoms with Crippen LogP contribution < -0.4 is 5.32 Å². The molecule has 8 heteroatoms. The van der Waals surface area contributed by atoms with Crippen molar-refractivity contribution in [3.05, 3.63) is 40.7 Å². The van der Waals surface area contributed by atoms with Crippen LogP contribution in [0.2, 0.25) is 0 Å². The molecule has 3 aromatic heterocycles. The van der Waals surface area contributed by atoms with E-state index in [-0.39, 0.29) is 5.91 Å². The molecule has 3 aromatic rings. The molecule has 20 heavy (non-hydrogen) atoms. The fraction of sp³-hybridized carbons (Fsp3) is 0.250. The molecule has 0 atom stereocenters. The molecule has 102 valence electrons. The summed E-state index contributed by atoms with van der Waals surface area (Å²) in [5.74, 6) is -0.264. The Labute approximate surface area is 118 Å². The van der Waals surface area contributed by atoms with E-state index >= 15 is 0 Å². The number of aryl methyl sites for hydroxylation is 2. The highest BCUT2D eigenvalue weighted by Gasteiger charge is 2.14. The third-order valence-electron chi connectivity index (χ3n) is 2.81. The van der Waals surface area contributed by atoms with Crippen molar-refractivity contribution in [3.63, 3.8) is 0 Å². The molecule has 0 saturated carbocycles. The fourth-order valence-electron chi connectivity index (χ4n) is 1.86. The van der Waals surface area contributed by atoms with Gasteiger partial charge in [0.25, 0.3) is 5.91 Å². The van der Waals surface area contributed by atoms with Crippen molar-refractivity contribution < 1.29 is 4.79 Å². The van der Waals surface area contributed by atoms with Gasteiger partial charge in [0, 0.05) is 12.4 Å². The van der Waals surface area contributed by atoms with Crippen LogP contribution in [0.25, 0.3) is 4.96 Å². The molecule has 0 unspecified atom stereocenters. The molecule has 1 amide bonds. The number of nitrogens with one attached hydrogen (secondary N) is 1. The second-order valence-corrected chi connectivity index (χ2v) is 5.39. The summed E-state index contributed by atoms with van der Waals surface area (Å²) in [6, 6.07) is 0. The highest BCUT2D eigenvalue weighted by Crippen LogP contribution is 2.17. The number of nitrogens with zero attached hydrogens (tertiary/aromatic N) is 5. The Balaban J connectivity index is 1.80. The first-order valence-electron chi connectivity index (χ1n) is 6.01. The zero-order valence-electron chi connectivity index (χ0n) is 11.0. The first-order chi connectivity index (χ1) is 9.65. The zero-order valence-corrected chi connectivity index (χ0v) is 11.8. The summed E-state index contributed by atoms with van der Waals surface area (Å²) in [6.07, 6.45) is 4.45. The molecular weight excluding hydrogens is 276 g/mol. The first kappa shape index (κ1) is 12.7. The van der Waals surface area contributed by atoms with Gasteiger partial charge >= 0.3 is 0 Å². The van der Waals surface area contributed by atoms with E-state index in [0.717, 1.165) is 21.4 Å². The van der Waals surface area contributed by atoms with Crippen LogP contribution in [0.3, 0.4) is 0 Å². The average Bonchev–Trinajstić information content (AvgIpc) is 2.92. The number of rotatable bonds is 3. The van der Waals surface area contributed by atoms with Crippen LogP contribution >= 0.6 is 11.3 Å². The number of aromatic nitrogens is 5. The summed E-state index contributed by atoms with van der Waals surface area (Å²) in [7, 11) is 0. The van der Waals surface area contributed by atoms with E-state index in [1.807, 2.05) is 13.8 Å². The number of carbonyl (C=O) groups is 1. The summed E-state index contributed by atoms with van der Waals surface area (Å²) in [5.41, 5.74) is 2.03. The molecule has 3 heterocycles. The second-order valence-electron chi connectivity index (χ2n) is 4.23. The van der Waals surface area contributed by atoms with Gasteiger partial charge in [-0.2, -0.15) is 5.10 Å². The van der Waals surface area contributed by atoms with Crippen LogP contribution in [0.4, 0.5) is 0 Å². The maximum atomic E-state index is 11.9. The van der Waals surface area contributed by atoms with Gasteiger partial charge < -0.3 is 5.32 Å². The molecule has 0 aliphatic rings. The maximum absolute atomic E-state index is 11.9. The minimum absolute atomic E-state index is 0.264. The molecule has 0 aliphatic carbocycles. The van der Waals surface area contributed by atoms with Crippen LogP contribution in [-0.2, 0) is 6.54 Å². The van der Waals surface area contributed by atoms with Gasteiger partial charge in [0.05, 0.1) is 24.1 Å². The summed E-state index contributed by atoms with van der Waals surface area (Å²) < 4.78 is 1.77. The van der Waals surface area contributed by atoms with Crippen LogP contribution in [0.5, 0.6) is 0 Å². The normalized spacial score (nSPS) is 10.9. The number of amides is 1. The topological polar surface area (TPSA) is 85.1 Å². The van der Waals surface area contributed by atoms with Crippen molar-refractivity contribution in [1.29, 1.82) is 0 Å². The van der Waals surface area contributed by atoms with E-state index in [2.05, 4.69) is 25.4 Å². The summed E-state index contributed by atoms with van der Waals surface area (Å²) >= 11 is 1.52. The molecule has 0 saturated heterocycles. The minimum atomic E-state index is -0.264. The number of imidazole rings is 1. The standard InChI is InChI=1S/C12H12N6OS/c1-7-10(18-12(16-7)20-8(2)17-18)6-15-11(19)9-5-13-3-4-14-9/h3-5H,6H2,1-2H3,(H,15,19).